The van der Waals surface area contributed by atoms with E-state index in [9.17, 15) is 9.59 Å². The third kappa shape index (κ3) is 4.50. The van der Waals surface area contributed by atoms with Gasteiger partial charge in [0.2, 0.25) is 0 Å². The van der Waals surface area contributed by atoms with Crippen LogP contribution in [-0.4, -0.2) is 33.7 Å². The molecular formula is C25H33N3O2. The fourth-order valence-electron chi connectivity index (χ4n) is 4.59. The molecule has 2 heterocycles. The Hall–Kier alpha value is -2.43. The molecule has 1 fully saturated rings. The zero-order valence-electron chi connectivity index (χ0n) is 18.5. The highest BCUT2D eigenvalue weighted by atomic mass is 16.2. The van der Waals surface area contributed by atoms with Crippen molar-refractivity contribution < 1.29 is 4.79 Å². The van der Waals surface area contributed by atoms with Crippen LogP contribution in [0.1, 0.15) is 73.6 Å². The second-order valence-corrected chi connectivity index (χ2v) is 9.91. The van der Waals surface area contributed by atoms with Crippen molar-refractivity contribution in [1.29, 1.82) is 0 Å². The lowest BCUT2D eigenvalue weighted by Gasteiger charge is -2.32. The molecule has 2 aromatic rings. The summed E-state index contributed by atoms with van der Waals surface area (Å²) in [7, 11) is 0. The van der Waals surface area contributed by atoms with Gasteiger partial charge in [-0.25, -0.2) is 4.68 Å². The first kappa shape index (κ1) is 20.8. The Morgan fingerprint density at radius 3 is 2.40 bits per heavy atom. The van der Waals surface area contributed by atoms with Crippen molar-refractivity contribution in [3.63, 3.8) is 0 Å². The number of amides is 1. The maximum absolute atomic E-state index is 12.9. The van der Waals surface area contributed by atoms with Crippen LogP contribution in [-0.2, 0) is 24.8 Å². The lowest BCUT2D eigenvalue weighted by molar-refractivity contribution is 0.0680. The van der Waals surface area contributed by atoms with Crippen molar-refractivity contribution in [2.24, 2.45) is 5.92 Å². The summed E-state index contributed by atoms with van der Waals surface area (Å²) in [6, 6.07) is 9.82. The average molecular weight is 408 g/mol. The van der Waals surface area contributed by atoms with E-state index in [4.69, 9.17) is 0 Å². The molecule has 0 atom stereocenters. The van der Waals surface area contributed by atoms with E-state index < -0.39 is 0 Å². The van der Waals surface area contributed by atoms with Gasteiger partial charge in [0.25, 0.3) is 11.5 Å². The molecule has 1 amide bonds. The normalized spacial score (nSPS) is 17.6. The highest BCUT2D eigenvalue weighted by molar-refractivity contribution is 5.94. The molecule has 4 rings (SSSR count). The molecule has 30 heavy (non-hydrogen) atoms. The van der Waals surface area contributed by atoms with Crippen LogP contribution in [0.25, 0.3) is 0 Å². The van der Waals surface area contributed by atoms with Gasteiger partial charge >= 0.3 is 0 Å². The molecule has 0 radical (unpaired) electrons. The van der Waals surface area contributed by atoms with Crippen molar-refractivity contribution in [3.05, 3.63) is 63.1 Å². The number of benzene rings is 1. The predicted molar refractivity (Wildman–Crippen MR) is 119 cm³/mol. The van der Waals surface area contributed by atoms with Crippen LogP contribution in [0.5, 0.6) is 0 Å². The highest BCUT2D eigenvalue weighted by Crippen LogP contribution is 2.24. The third-order valence-electron chi connectivity index (χ3n) is 6.60. The predicted octanol–water partition coefficient (Wildman–Crippen LogP) is 3.97. The summed E-state index contributed by atoms with van der Waals surface area (Å²) < 4.78 is 1.66. The number of nitrogens with zero attached hydrogens (tertiary/aromatic N) is 3. The summed E-state index contributed by atoms with van der Waals surface area (Å²) in [6.07, 6.45) is 6.11. The lowest BCUT2D eigenvalue weighted by Crippen LogP contribution is -2.40. The average Bonchev–Trinajstić information content (AvgIpc) is 2.74. The zero-order valence-corrected chi connectivity index (χ0v) is 18.5. The van der Waals surface area contributed by atoms with Crippen LogP contribution in [0.4, 0.5) is 0 Å². The van der Waals surface area contributed by atoms with Gasteiger partial charge in [-0.05, 0) is 73.1 Å². The Bertz CT molecular complexity index is 961. The number of piperidine rings is 1. The molecule has 0 bridgehead atoms. The summed E-state index contributed by atoms with van der Waals surface area (Å²) in [6.45, 7) is 8.68. The van der Waals surface area contributed by atoms with Crippen LogP contribution in [0.2, 0.25) is 0 Å². The third-order valence-corrected chi connectivity index (χ3v) is 6.60. The highest BCUT2D eigenvalue weighted by Gasteiger charge is 2.25. The number of fused-ring (bicyclic) bond motifs is 1. The Labute approximate surface area is 179 Å². The van der Waals surface area contributed by atoms with Crippen LogP contribution in [0.3, 0.4) is 0 Å². The summed E-state index contributed by atoms with van der Waals surface area (Å²) in [5.41, 5.74) is 4.35. The number of hydrogen-bond donors (Lipinski definition) is 0. The van der Waals surface area contributed by atoms with Crippen molar-refractivity contribution in [2.45, 2.75) is 71.3 Å². The largest absolute Gasteiger partial charge is 0.339 e. The van der Waals surface area contributed by atoms with Gasteiger partial charge in [-0.2, -0.15) is 5.10 Å². The van der Waals surface area contributed by atoms with E-state index in [1.165, 1.54) is 5.56 Å². The van der Waals surface area contributed by atoms with Crippen LogP contribution < -0.4 is 5.56 Å². The lowest BCUT2D eigenvalue weighted by atomic mass is 9.86. The number of hydrogen-bond acceptors (Lipinski definition) is 3. The van der Waals surface area contributed by atoms with Crippen LogP contribution >= 0.6 is 0 Å². The molecule has 1 aromatic carbocycles. The summed E-state index contributed by atoms with van der Waals surface area (Å²) in [5, 5.41) is 4.66. The van der Waals surface area contributed by atoms with E-state index in [1.807, 2.05) is 17.0 Å². The van der Waals surface area contributed by atoms with Crippen LogP contribution in [0, 0.1) is 5.92 Å². The quantitative estimate of drug-likeness (QED) is 0.774. The Balaban J connectivity index is 1.36. The number of carbonyl (C=O) groups excluding carboxylic acids is 1. The fraction of sp³-hybridized carbons (Fsp3) is 0.560. The van der Waals surface area contributed by atoms with Crippen molar-refractivity contribution in [3.8, 4) is 0 Å². The molecule has 1 aliphatic heterocycles. The first-order valence-electron chi connectivity index (χ1n) is 11.3. The van der Waals surface area contributed by atoms with Gasteiger partial charge in [0.15, 0.2) is 0 Å². The van der Waals surface area contributed by atoms with Gasteiger partial charge in [0.05, 0.1) is 5.69 Å². The summed E-state index contributed by atoms with van der Waals surface area (Å²) >= 11 is 0. The SMILES string of the molecule is CC(C)(C)c1ccc(C(=O)N2CCC(Cn3nc4c(cc3=O)CCCC4)CC2)cc1. The second-order valence-electron chi connectivity index (χ2n) is 9.91. The van der Waals surface area contributed by atoms with E-state index in [1.54, 1.807) is 10.7 Å². The molecule has 2 aliphatic rings. The molecule has 1 saturated heterocycles. The maximum atomic E-state index is 12.9. The zero-order chi connectivity index (χ0) is 21.3. The monoisotopic (exact) mass is 407 g/mol. The molecule has 5 heteroatoms. The van der Waals surface area contributed by atoms with Gasteiger partial charge < -0.3 is 4.90 Å². The van der Waals surface area contributed by atoms with Gasteiger partial charge in [-0.3, -0.25) is 9.59 Å². The van der Waals surface area contributed by atoms with Gasteiger partial charge in [0.1, 0.15) is 0 Å². The van der Waals surface area contributed by atoms with E-state index in [-0.39, 0.29) is 16.9 Å². The minimum Gasteiger partial charge on any atom is -0.339 e. The maximum Gasteiger partial charge on any atom is 0.267 e. The minimum absolute atomic E-state index is 0.0214. The first-order chi connectivity index (χ1) is 14.3. The number of aryl methyl sites for hydroxylation is 2. The van der Waals surface area contributed by atoms with Gasteiger partial charge in [-0.1, -0.05) is 32.9 Å². The number of likely N-dealkylation sites (tertiary alicyclic amines) is 1. The Morgan fingerprint density at radius 1 is 1.07 bits per heavy atom. The topological polar surface area (TPSA) is 55.2 Å². The fourth-order valence-corrected chi connectivity index (χ4v) is 4.59. The Morgan fingerprint density at radius 2 is 1.73 bits per heavy atom. The van der Waals surface area contributed by atoms with Gasteiger partial charge in [0, 0.05) is 31.3 Å². The van der Waals surface area contributed by atoms with E-state index in [0.717, 1.165) is 68.4 Å². The summed E-state index contributed by atoms with van der Waals surface area (Å²) in [4.78, 5) is 27.3. The van der Waals surface area contributed by atoms with E-state index in [0.29, 0.717) is 12.5 Å². The molecule has 0 spiro atoms. The number of aromatic nitrogens is 2. The smallest absolute Gasteiger partial charge is 0.267 e. The van der Waals surface area contributed by atoms with Crippen molar-refractivity contribution in [1.82, 2.24) is 14.7 Å². The molecule has 160 valence electrons. The number of carbonyl (C=O) groups is 1. The van der Waals surface area contributed by atoms with Crippen molar-refractivity contribution in [2.75, 3.05) is 13.1 Å². The number of rotatable bonds is 3. The van der Waals surface area contributed by atoms with Crippen LogP contribution in [0.15, 0.2) is 35.1 Å². The first-order valence-corrected chi connectivity index (χ1v) is 11.3. The second kappa shape index (κ2) is 8.37. The summed E-state index contributed by atoms with van der Waals surface area (Å²) in [5.74, 6) is 0.502. The molecule has 0 N–H and O–H groups in total. The molecular weight excluding hydrogens is 374 g/mol. The molecule has 5 nitrogen and oxygen atoms in total. The molecule has 1 aromatic heterocycles. The molecule has 1 aliphatic carbocycles. The standard InChI is InChI=1S/C25H33N3O2/c1-25(2,3)21-10-8-19(9-11-21)24(30)27-14-12-18(13-15-27)17-28-23(29)16-20-6-4-5-7-22(20)26-28/h8-11,16,18H,4-7,12-15,17H2,1-3H3. The van der Waals surface area contributed by atoms with E-state index >= 15 is 0 Å². The molecule has 0 unspecified atom stereocenters. The Kier molecular flexibility index (Phi) is 5.81. The van der Waals surface area contributed by atoms with E-state index in [2.05, 4.69) is 38.0 Å². The van der Waals surface area contributed by atoms with Crippen molar-refractivity contribution >= 4 is 5.91 Å². The molecule has 0 saturated carbocycles. The van der Waals surface area contributed by atoms with Gasteiger partial charge in [-0.15, -0.1) is 0 Å². The minimum atomic E-state index is 0.0214.